The van der Waals surface area contributed by atoms with Crippen LogP contribution in [0.4, 0.5) is 0 Å². The van der Waals surface area contributed by atoms with Gasteiger partial charge < -0.3 is 11.1 Å². The fourth-order valence-electron chi connectivity index (χ4n) is 2.25. The topological polar surface area (TPSA) is 38.0 Å². The highest BCUT2D eigenvalue weighted by Gasteiger charge is 2.31. The summed E-state index contributed by atoms with van der Waals surface area (Å²) in [4.78, 5) is 0. The molecular weight excluding hydrogens is 160 g/mol. The first-order valence-corrected chi connectivity index (χ1v) is 5.60. The van der Waals surface area contributed by atoms with Gasteiger partial charge in [-0.1, -0.05) is 26.7 Å². The van der Waals surface area contributed by atoms with Gasteiger partial charge in [0, 0.05) is 6.04 Å². The number of rotatable bonds is 4. The summed E-state index contributed by atoms with van der Waals surface area (Å²) >= 11 is 0. The summed E-state index contributed by atoms with van der Waals surface area (Å²) in [6.07, 6.45) is 6.61. The molecule has 2 nitrogen and oxygen atoms in total. The molecule has 3 N–H and O–H groups in total. The van der Waals surface area contributed by atoms with E-state index < -0.39 is 0 Å². The third-order valence-electron chi connectivity index (χ3n) is 3.28. The Bertz CT molecular complexity index is 143. The van der Waals surface area contributed by atoms with Gasteiger partial charge in [-0.2, -0.15) is 0 Å². The van der Waals surface area contributed by atoms with Crippen LogP contribution < -0.4 is 11.1 Å². The number of hydrogen-bond donors (Lipinski definition) is 2. The van der Waals surface area contributed by atoms with Crippen LogP contribution in [0.1, 0.15) is 46.0 Å². The summed E-state index contributed by atoms with van der Waals surface area (Å²) in [6.45, 7) is 6.66. The highest BCUT2D eigenvalue weighted by Crippen LogP contribution is 2.35. The van der Waals surface area contributed by atoms with Gasteiger partial charge in [0.2, 0.25) is 0 Å². The lowest BCUT2D eigenvalue weighted by Gasteiger charge is -2.39. The maximum absolute atomic E-state index is 5.47. The zero-order valence-electron chi connectivity index (χ0n) is 9.10. The molecule has 0 amide bonds. The summed E-state index contributed by atoms with van der Waals surface area (Å²) in [7, 11) is 0. The average Bonchev–Trinajstić information content (AvgIpc) is 2.08. The van der Waals surface area contributed by atoms with E-state index in [-0.39, 0.29) is 0 Å². The Morgan fingerprint density at radius 2 is 2.15 bits per heavy atom. The van der Waals surface area contributed by atoms with Crippen LogP contribution in [-0.2, 0) is 0 Å². The van der Waals surface area contributed by atoms with E-state index in [1.165, 1.54) is 25.7 Å². The second-order valence-corrected chi connectivity index (χ2v) is 4.88. The molecule has 0 bridgehead atoms. The minimum Gasteiger partial charge on any atom is -0.330 e. The Kier molecular flexibility index (Phi) is 4.20. The summed E-state index contributed by atoms with van der Waals surface area (Å²) in [5, 5.41) is 3.63. The van der Waals surface area contributed by atoms with Crippen LogP contribution in [0.5, 0.6) is 0 Å². The quantitative estimate of drug-likeness (QED) is 0.655. The minimum absolute atomic E-state index is 0.493. The minimum atomic E-state index is 0.493. The largest absolute Gasteiger partial charge is 0.330 e. The van der Waals surface area contributed by atoms with Gasteiger partial charge in [-0.05, 0) is 37.8 Å². The second kappa shape index (κ2) is 4.97. The third-order valence-corrected chi connectivity index (χ3v) is 3.28. The summed E-state index contributed by atoms with van der Waals surface area (Å²) in [5.74, 6) is 0. The molecule has 0 aromatic heterocycles. The van der Waals surface area contributed by atoms with Crippen molar-refractivity contribution >= 4 is 0 Å². The van der Waals surface area contributed by atoms with Crippen molar-refractivity contribution in [1.29, 1.82) is 0 Å². The number of hydrogen-bond acceptors (Lipinski definition) is 2. The molecule has 1 aliphatic rings. The maximum Gasteiger partial charge on any atom is 0.0118 e. The maximum atomic E-state index is 5.47. The van der Waals surface area contributed by atoms with E-state index in [0.29, 0.717) is 11.5 Å². The first-order valence-electron chi connectivity index (χ1n) is 5.60. The molecule has 0 aromatic rings. The number of nitrogens with two attached hydrogens (primary N) is 1. The molecule has 2 heteroatoms. The summed E-state index contributed by atoms with van der Waals surface area (Å²) in [6, 6.07) is 0.716. The zero-order valence-corrected chi connectivity index (χ0v) is 9.10. The van der Waals surface area contributed by atoms with E-state index in [1.54, 1.807) is 0 Å². The third kappa shape index (κ3) is 3.28. The molecule has 1 unspecified atom stereocenters. The molecule has 1 saturated carbocycles. The Labute approximate surface area is 82.3 Å². The monoisotopic (exact) mass is 184 g/mol. The molecule has 1 fully saturated rings. The van der Waals surface area contributed by atoms with E-state index >= 15 is 0 Å². The van der Waals surface area contributed by atoms with E-state index in [2.05, 4.69) is 19.2 Å². The van der Waals surface area contributed by atoms with Crippen molar-refractivity contribution in [1.82, 2.24) is 5.32 Å². The van der Waals surface area contributed by atoms with Gasteiger partial charge >= 0.3 is 0 Å². The zero-order chi connectivity index (χ0) is 9.73. The Morgan fingerprint density at radius 3 is 2.77 bits per heavy atom. The van der Waals surface area contributed by atoms with E-state index in [0.717, 1.165) is 19.5 Å². The summed E-state index contributed by atoms with van der Waals surface area (Å²) in [5.41, 5.74) is 5.96. The predicted octanol–water partition coefficient (Wildman–Crippen LogP) is 1.89. The molecule has 1 rings (SSSR count). The molecule has 78 valence electrons. The predicted molar refractivity (Wildman–Crippen MR) is 57.7 cm³/mol. The molecule has 0 aromatic carbocycles. The van der Waals surface area contributed by atoms with Gasteiger partial charge in [0.15, 0.2) is 0 Å². The first-order chi connectivity index (χ1) is 6.17. The Hall–Kier alpha value is -0.0800. The van der Waals surface area contributed by atoms with Crippen molar-refractivity contribution in [2.45, 2.75) is 52.0 Å². The van der Waals surface area contributed by atoms with Crippen LogP contribution in [-0.4, -0.2) is 19.1 Å². The number of nitrogens with one attached hydrogen (secondary N) is 1. The molecule has 13 heavy (non-hydrogen) atoms. The van der Waals surface area contributed by atoms with E-state index in [9.17, 15) is 0 Å². The molecular formula is C11H24N2. The van der Waals surface area contributed by atoms with Crippen LogP contribution >= 0.6 is 0 Å². The van der Waals surface area contributed by atoms with E-state index in [1.807, 2.05) is 0 Å². The highest BCUT2D eigenvalue weighted by molar-refractivity contribution is 4.87. The van der Waals surface area contributed by atoms with Gasteiger partial charge in [0.25, 0.3) is 0 Å². The highest BCUT2D eigenvalue weighted by atomic mass is 14.9. The van der Waals surface area contributed by atoms with Crippen LogP contribution in [0, 0.1) is 5.41 Å². The van der Waals surface area contributed by atoms with Gasteiger partial charge in [-0.3, -0.25) is 0 Å². The average molecular weight is 184 g/mol. The molecule has 0 radical (unpaired) electrons. The lowest BCUT2D eigenvalue weighted by atomic mass is 9.73. The van der Waals surface area contributed by atoms with Crippen molar-refractivity contribution in [3.8, 4) is 0 Å². The fraction of sp³-hybridized carbons (Fsp3) is 1.00. The van der Waals surface area contributed by atoms with Gasteiger partial charge in [0.1, 0.15) is 0 Å². The van der Waals surface area contributed by atoms with Crippen LogP contribution in [0.3, 0.4) is 0 Å². The first kappa shape index (κ1) is 11.0. The van der Waals surface area contributed by atoms with Crippen molar-refractivity contribution in [2.75, 3.05) is 13.1 Å². The van der Waals surface area contributed by atoms with Crippen LogP contribution in [0.25, 0.3) is 0 Å². The SMILES string of the molecule is CC1(C)CCCCC1NCCCN. The lowest BCUT2D eigenvalue weighted by molar-refractivity contribution is 0.168. The van der Waals surface area contributed by atoms with E-state index in [4.69, 9.17) is 5.73 Å². The Balaban J connectivity index is 2.29. The smallest absolute Gasteiger partial charge is 0.0118 e. The summed E-state index contributed by atoms with van der Waals surface area (Å²) < 4.78 is 0. The lowest BCUT2D eigenvalue weighted by Crippen LogP contribution is -2.44. The standard InChI is InChI=1S/C11H24N2/c1-11(2)7-4-3-6-10(11)13-9-5-8-12/h10,13H,3-9,12H2,1-2H3. The Morgan fingerprint density at radius 1 is 1.38 bits per heavy atom. The fourth-order valence-corrected chi connectivity index (χ4v) is 2.25. The molecule has 1 aliphatic carbocycles. The van der Waals surface area contributed by atoms with Crippen LogP contribution in [0.2, 0.25) is 0 Å². The molecule has 0 spiro atoms. The van der Waals surface area contributed by atoms with Crippen molar-refractivity contribution in [2.24, 2.45) is 11.1 Å². The second-order valence-electron chi connectivity index (χ2n) is 4.88. The van der Waals surface area contributed by atoms with Crippen molar-refractivity contribution in [3.05, 3.63) is 0 Å². The van der Waals surface area contributed by atoms with Gasteiger partial charge in [-0.15, -0.1) is 0 Å². The molecule has 1 atom stereocenters. The van der Waals surface area contributed by atoms with Crippen molar-refractivity contribution < 1.29 is 0 Å². The normalized spacial score (nSPS) is 27.5. The van der Waals surface area contributed by atoms with Gasteiger partial charge in [0.05, 0.1) is 0 Å². The van der Waals surface area contributed by atoms with Gasteiger partial charge in [-0.25, -0.2) is 0 Å². The van der Waals surface area contributed by atoms with Crippen LogP contribution in [0.15, 0.2) is 0 Å². The molecule has 0 heterocycles. The molecule has 0 aliphatic heterocycles. The van der Waals surface area contributed by atoms with Crippen molar-refractivity contribution in [3.63, 3.8) is 0 Å². The molecule has 0 saturated heterocycles.